The second kappa shape index (κ2) is 7.32. The number of aryl methyl sites for hydroxylation is 1. The summed E-state index contributed by atoms with van der Waals surface area (Å²) in [6.07, 6.45) is 2.61. The van der Waals surface area contributed by atoms with Crippen LogP contribution in [-0.4, -0.2) is 27.4 Å². The number of methoxy groups -OCH3 is 1. The van der Waals surface area contributed by atoms with Crippen molar-refractivity contribution < 1.29 is 27.2 Å². The van der Waals surface area contributed by atoms with Gasteiger partial charge in [-0.3, -0.25) is 4.79 Å². The van der Waals surface area contributed by atoms with E-state index in [4.69, 9.17) is 9.56 Å². The molecule has 2 aromatic rings. The van der Waals surface area contributed by atoms with E-state index in [1.807, 2.05) is 0 Å². The first-order valence-electron chi connectivity index (χ1n) is 7.01. The van der Waals surface area contributed by atoms with Gasteiger partial charge in [-0.1, -0.05) is 0 Å². The standard InChI is InChI=1S/C16H16N2O6S/c1-10-14(16(20)23-2)9-12(24-10)5-8-15(19)18-11-3-6-13(7-4-11)25(17,21)22/h3-9H,1-2H3,(H,18,19)(H2,17,21,22)/b8-5+. The Labute approximate surface area is 144 Å². The first-order valence-corrected chi connectivity index (χ1v) is 8.56. The number of carbonyl (C=O) groups excluding carboxylic acids is 2. The number of nitrogens with two attached hydrogens (primary N) is 1. The molecule has 1 heterocycles. The molecule has 0 unspecified atom stereocenters. The quantitative estimate of drug-likeness (QED) is 0.613. The van der Waals surface area contributed by atoms with Crippen molar-refractivity contribution in [1.82, 2.24) is 0 Å². The van der Waals surface area contributed by atoms with Gasteiger partial charge in [-0.15, -0.1) is 0 Å². The van der Waals surface area contributed by atoms with Crippen LogP contribution in [0.4, 0.5) is 5.69 Å². The normalized spacial score (nSPS) is 11.5. The summed E-state index contributed by atoms with van der Waals surface area (Å²) in [5.74, 6) is -0.291. The summed E-state index contributed by atoms with van der Waals surface area (Å²) in [4.78, 5) is 23.3. The number of hydrogen-bond acceptors (Lipinski definition) is 6. The minimum atomic E-state index is -3.78. The zero-order chi connectivity index (χ0) is 18.6. The van der Waals surface area contributed by atoms with Crippen LogP contribution in [-0.2, 0) is 19.6 Å². The summed E-state index contributed by atoms with van der Waals surface area (Å²) in [5, 5.41) is 7.55. The fourth-order valence-corrected chi connectivity index (χ4v) is 2.48. The molecule has 1 aromatic heterocycles. The van der Waals surface area contributed by atoms with Gasteiger partial charge < -0.3 is 14.5 Å². The highest BCUT2D eigenvalue weighted by Crippen LogP contribution is 2.17. The van der Waals surface area contributed by atoms with Crippen LogP contribution in [0.3, 0.4) is 0 Å². The van der Waals surface area contributed by atoms with E-state index in [2.05, 4.69) is 10.1 Å². The number of sulfonamides is 1. The molecule has 3 N–H and O–H groups in total. The molecule has 0 saturated heterocycles. The number of amides is 1. The number of anilines is 1. The molecule has 0 spiro atoms. The predicted octanol–water partition coefficient (Wildman–Crippen LogP) is 1.67. The molecule has 0 aliphatic heterocycles. The molecule has 0 atom stereocenters. The Bertz CT molecular complexity index is 926. The van der Waals surface area contributed by atoms with Crippen LogP contribution >= 0.6 is 0 Å². The van der Waals surface area contributed by atoms with E-state index in [0.29, 0.717) is 17.2 Å². The number of carbonyl (C=O) groups is 2. The van der Waals surface area contributed by atoms with Crippen molar-refractivity contribution in [2.45, 2.75) is 11.8 Å². The van der Waals surface area contributed by atoms with E-state index in [1.165, 1.54) is 49.6 Å². The third kappa shape index (κ3) is 4.78. The summed E-state index contributed by atoms with van der Waals surface area (Å²) in [7, 11) is -2.52. The molecule has 0 fully saturated rings. The zero-order valence-corrected chi connectivity index (χ0v) is 14.3. The maximum atomic E-state index is 11.9. The van der Waals surface area contributed by atoms with Crippen molar-refractivity contribution >= 4 is 33.7 Å². The largest absolute Gasteiger partial charge is 0.465 e. The lowest BCUT2D eigenvalue weighted by Gasteiger charge is -2.03. The number of benzene rings is 1. The van der Waals surface area contributed by atoms with Crippen molar-refractivity contribution in [1.29, 1.82) is 0 Å². The van der Waals surface area contributed by atoms with E-state index >= 15 is 0 Å². The molecule has 2 rings (SSSR count). The molecular weight excluding hydrogens is 348 g/mol. The molecule has 0 radical (unpaired) electrons. The highest BCUT2D eigenvalue weighted by atomic mass is 32.2. The molecule has 0 aliphatic rings. The molecule has 25 heavy (non-hydrogen) atoms. The number of furan rings is 1. The highest BCUT2D eigenvalue weighted by Gasteiger charge is 2.14. The Morgan fingerprint density at radius 1 is 1.24 bits per heavy atom. The predicted molar refractivity (Wildman–Crippen MR) is 90.3 cm³/mol. The monoisotopic (exact) mass is 364 g/mol. The van der Waals surface area contributed by atoms with Gasteiger partial charge in [0.25, 0.3) is 0 Å². The number of esters is 1. The second-order valence-corrected chi connectivity index (χ2v) is 6.56. The number of ether oxygens (including phenoxy) is 1. The molecular formula is C16H16N2O6S. The van der Waals surface area contributed by atoms with Crippen LogP contribution in [0.25, 0.3) is 6.08 Å². The molecule has 1 amide bonds. The Morgan fingerprint density at radius 3 is 2.44 bits per heavy atom. The van der Waals surface area contributed by atoms with Crippen LogP contribution in [0, 0.1) is 6.92 Å². The summed E-state index contributed by atoms with van der Waals surface area (Å²) in [6, 6.07) is 6.86. The van der Waals surface area contributed by atoms with Crippen molar-refractivity contribution in [2.24, 2.45) is 5.14 Å². The van der Waals surface area contributed by atoms with Gasteiger partial charge in [0.2, 0.25) is 15.9 Å². The minimum absolute atomic E-state index is 0.0533. The minimum Gasteiger partial charge on any atom is -0.465 e. The Balaban J connectivity index is 2.05. The summed E-state index contributed by atoms with van der Waals surface area (Å²) < 4.78 is 32.3. The van der Waals surface area contributed by atoms with Crippen molar-refractivity contribution in [3.8, 4) is 0 Å². The van der Waals surface area contributed by atoms with Crippen LogP contribution < -0.4 is 10.5 Å². The van der Waals surface area contributed by atoms with E-state index in [1.54, 1.807) is 6.92 Å². The van der Waals surface area contributed by atoms with E-state index in [0.717, 1.165) is 0 Å². The number of hydrogen-bond donors (Lipinski definition) is 2. The van der Waals surface area contributed by atoms with E-state index in [-0.39, 0.29) is 10.5 Å². The van der Waals surface area contributed by atoms with Gasteiger partial charge in [0.15, 0.2) is 0 Å². The first-order chi connectivity index (χ1) is 11.7. The Morgan fingerprint density at radius 2 is 1.88 bits per heavy atom. The van der Waals surface area contributed by atoms with Gasteiger partial charge >= 0.3 is 5.97 Å². The molecule has 1 aromatic carbocycles. The van der Waals surface area contributed by atoms with Crippen LogP contribution in [0.15, 0.2) is 45.7 Å². The molecule has 132 valence electrons. The van der Waals surface area contributed by atoms with Crippen molar-refractivity contribution in [3.63, 3.8) is 0 Å². The topological polar surface area (TPSA) is 129 Å². The molecule has 0 aliphatic carbocycles. The summed E-state index contributed by atoms with van der Waals surface area (Å²) in [6.45, 7) is 1.61. The van der Waals surface area contributed by atoms with Gasteiger partial charge in [-0.25, -0.2) is 18.4 Å². The lowest BCUT2D eigenvalue weighted by Crippen LogP contribution is -2.12. The van der Waals surface area contributed by atoms with Crippen LogP contribution in [0.2, 0.25) is 0 Å². The third-order valence-corrected chi connectivity index (χ3v) is 4.12. The number of nitrogens with one attached hydrogen (secondary N) is 1. The average Bonchev–Trinajstić information content (AvgIpc) is 2.93. The van der Waals surface area contributed by atoms with E-state index < -0.39 is 21.9 Å². The lowest BCUT2D eigenvalue weighted by molar-refractivity contribution is -0.111. The fraction of sp³-hybridized carbons (Fsp3) is 0.125. The number of rotatable bonds is 5. The van der Waals surface area contributed by atoms with Crippen LogP contribution in [0.1, 0.15) is 21.9 Å². The SMILES string of the molecule is COC(=O)c1cc(/C=C/C(=O)Nc2ccc(S(N)(=O)=O)cc2)oc1C. The Hall–Kier alpha value is -2.91. The van der Waals surface area contributed by atoms with Crippen LogP contribution in [0.5, 0.6) is 0 Å². The maximum Gasteiger partial charge on any atom is 0.341 e. The average molecular weight is 364 g/mol. The number of primary sulfonamides is 1. The highest BCUT2D eigenvalue weighted by molar-refractivity contribution is 7.89. The maximum absolute atomic E-state index is 11.9. The van der Waals surface area contributed by atoms with Crippen molar-refractivity contribution in [3.05, 3.63) is 53.5 Å². The molecule has 0 bridgehead atoms. The first kappa shape index (κ1) is 18.4. The fourth-order valence-electron chi connectivity index (χ4n) is 1.97. The third-order valence-electron chi connectivity index (χ3n) is 3.19. The van der Waals surface area contributed by atoms with Crippen molar-refractivity contribution in [2.75, 3.05) is 12.4 Å². The molecule has 8 nitrogen and oxygen atoms in total. The summed E-state index contributed by atoms with van der Waals surface area (Å²) in [5.41, 5.74) is 0.675. The van der Waals surface area contributed by atoms with Gasteiger partial charge in [-0.2, -0.15) is 0 Å². The van der Waals surface area contributed by atoms with Gasteiger partial charge in [-0.05, 0) is 43.3 Å². The lowest BCUT2D eigenvalue weighted by atomic mass is 10.2. The molecule has 0 saturated carbocycles. The van der Waals surface area contributed by atoms with Gasteiger partial charge in [0.05, 0.1) is 12.0 Å². The van der Waals surface area contributed by atoms with Gasteiger partial charge in [0.1, 0.15) is 17.1 Å². The summed E-state index contributed by atoms with van der Waals surface area (Å²) >= 11 is 0. The Kier molecular flexibility index (Phi) is 5.40. The smallest absolute Gasteiger partial charge is 0.341 e. The molecule has 9 heteroatoms. The van der Waals surface area contributed by atoms with E-state index in [9.17, 15) is 18.0 Å². The van der Waals surface area contributed by atoms with Gasteiger partial charge in [0, 0.05) is 11.8 Å². The zero-order valence-electron chi connectivity index (χ0n) is 13.5. The second-order valence-electron chi connectivity index (χ2n) is 5.00.